The smallest absolute Gasteiger partial charge is 0.237 e. The van der Waals surface area contributed by atoms with Crippen molar-refractivity contribution in [3.63, 3.8) is 0 Å². The number of hydrogen-bond donors (Lipinski definition) is 1. The summed E-state index contributed by atoms with van der Waals surface area (Å²) < 4.78 is 28.8. The maximum absolute atomic E-state index is 13.6. The molecule has 0 aromatic heterocycles. The zero-order valence-electron chi connectivity index (χ0n) is 21.2. The molecule has 2 aliphatic rings. The number of nitrogens with one attached hydrogen (secondary N) is 1. The molecular formula is C30H33BrN2O3S. The first-order valence-corrected chi connectivity index (χ1v) is 15.3. The summed E-state index contributed by atoms with van der Waals surface area (Å²) in [5.41, 5.74) is 5.71. The van der Waals surface area contributed by atoms with Gasteiger partial charge in [-0.25, -0.2) is 8.42 Å². The third kappa shape index (κ3) is 5.93. The summed E-state index contributed by atoms with van der Waals surface area (Å²) in [5.74, 6) is -0.586. The van der Waals surface area contributed by atoms with Crippen molar-refractivity contribution in [3.8, 4) is 0 Å². The van der Waals surface area contributed by atoms with Crippen LogP contribution in [-0.2, 0) is 27.8 Å². The largest absolute Gasteiger partial charge is 0.366 e. The molecule has 1 aliphatic carbocycles. The fourth-order valence-corrected chi connectivity index (χ4v) is 6.96. The van der Waals surface area contributed by atoms with Gasteiger partial charge in [-0.15, -0.1) is 0 Å². The first-order chi connectivity index (χ1) is 17.7. The maximum atomic E-state index is 13.6. The zero-order valence-corrected chi connectivity index (χ0v) is 23.6. The Morgan fingerprint density at radius 2 is 1.70 bits per heavy atom. The Balaban J connectivity index is 1.46. The van der Waals surface area contributed by atoms with E-state index in [4.69, 9.17) is 0 Å². The van der Waals surface area contributed by atoms with E-state index >= 15 is 0 Å². The van der Waals surface area contributed by atoms with Crippen molar-refractivity contribution in [2.24, 2.45) is 5.92 Å². The van der Waals surface area contributed by atoms with Gasteiger partial charge >= 0.3 is 0 Å². The van der Waals surface area contributed by atoms with E-state index in [1.165, 1.54) is 11.1 Å². The second-order valence-corrected chi connectivity index (χ2v) is 13.5. The molecule has 1 fully saturated rings. The Hall–Kier alpha value is -2.64. The first-order valence-electron chi connectivity index (χ1n) is 12.9. The van der Waals surface area contributed by atoms with E-state index in [-0.39, 0.29) is 5.92 Å². The van der Waals surface area contributed by atoms with Gasteiger partial charge in [0.1, 0.15) is 0 Å². The lowest BCUT2D eigenvalue weighted by Gasteiger charge is -2.25. The Morgan fingerprint density at radius 1 is 1.00 bits per heavy atom. The lowest BCUT2D eigenvalue weighted by atomic mass is 9.83. The molecule has 7 heteroatoms. The molecule has 1 N–H and O–H groups in total. The van der Waals surface area contributed by atoms with Gasteiger partial charge in [0.05, 0.1) is 11.2 Å². The minimum absolute atomic E-state index is 0.142. The van der Waals surface area contributed by atoms with Crippen molar-refractivity contribution >= 4 is 37.5 Å². The van der Waals surface area contributed by atoms with Gasteiger partial charge in [-0.05, 0) is 65.6 Å². The van der Waals surface area contributed by atoms with E-state index < -0.39 is 27.1 Å². The number of benzene rings is 3. The normalized spacial score (nSPS) is 18.1. The lowest BCUT2D eigenvalue weighted by Crippen LogP contribution is -2.41. The van der Waals surface area contributed by atoms with E-state index in [0.717, 1.165) is 27.8 Å². The van der Waals surface area contributed by atoms with Gasteiger partial charge in [-0.2, -0.15) is 0 Å². The summed E-state index contributed by atoms with van der Waals surface area (Å²) in [5, 5.41) is -0.441. The second-order valence-electron chi connectivity index (χ2n) is 10.6. The maximum Gasteiger partial charge on any atom is 0.237 e. The topological polar surface area (TPSA) is 66.5 Å². The van der Waals surface area contributed by atoms with Gasteiger partial charge in [-0.1, -0.05) is 84.4 Å². The summed E-state index contributed by atoms with van der Waals surface area (Å²) in [7, 11) is -3.63. The number of sulfonamides is 1. The van der Waals surface area contributed by atoms with Crippen molar-refractivity contribution in [2.75, 3.05) is 11.4 Å². The summed E-state index contributed by atoms with van der Waals surface area (Å²) in [6, 6.07) is 24.8. The van der Waals surface area contributed by atoms with Gasteiger partial charge in [0, 0.05) is 29.2 Å². The molecule has 37 heavy (non-hydrogen) atoms. The average Bonchev–Trinajstić information content (AvgIpc) is 3.68. The molecule has 1 saturated carbocycles. The SMILES string of the molecule is CC(C)c1ccc(CN2CC(C(Cc3ccccc3)C(=O)NS(=O)(=O)C3CC3)c3cc(Br)ccc32)cc1. The van der Waals surface area contributed by atoms with E-state index in [1.807, 2.05) is 36.4 Å². The standard InChI is InChI=1S/C30H33BrN2O3S/c1-20(2)23-10-8-22(9-11-23)18-33-19-28(26-17-24(31)12-15-29(26)33)27(16-21-6-4-3-5-7-21)30(34)32-37(35,36)25-13-14-25/h3-12,15,17,20,25,27-28H,13-14,16,18-19H2,1-2H3,(H,32,34). The first kappa shape index (κ1) is 26.0. The van der Waals surface area contributed by atoms with Crippen molar-refractivity contribution in [2.45, 2.75) is 56.7 Å². The molecule has 0 saturated heterocycles. The third-order valence-electron chi connectivity index (χ3n) is 7.49. The van der Waals surface area contributed by atoms with Crippen LogP contribution in [0, 0.1) is 5.92 Å². The van der Waals surface area contributed by atoms with Crippen molar-refractivity contribution < 1.29 is 13.2 Å². The monoisotopic (exact) mass is 580 g/mol. The fraction of sp³-hybridized carbons (Fsp3) is 0.367. The molecule has 2 atom stereocenters. The van der Waals surface area contributed by atoms with E-state index in [9.17, 15) is 13.2 Å². The highest BCUT2D eigenvalue weighted by atomic mass is 79.9. The molecule has 1 amide bonds. The van der Waals surface area contributed by atoms with Crippen LogP contribution in [0.1, 0.15) is 60.8 Å². The van der Waals surface area contributed by atoms with Crippen LogP contribution in [0.15, 0.2) is 77.3 Å². The van der Waals surface area contributed by atoms with Crippen molar-refractivity contribution in [1.29, 1.82) is 0 Å². The number of carbonyl (C=O) groups excluding carboxylic acids is 1. The molecule has 0 spiro atoms. The quantitative estimate of drug-likeness (QED) is 0.330. The van der Waals surface area contributed by atoms with E-state index in [0.29, 0.717) is 31.7 Å². The minimum atomic E-state index is -3.63. The minimum Gasteiger partial charge on any atom is -0.366 e. The molecule has 3 aromatic rings. The Bertz CT molecular complexity index is 1370. The van der Waals surface area contributed by atoms with Crippen LogP contribution in [0.4, 0.5) is 5.69 Å². The molecule has 5 nitrogen and oxygen atoms in total. The van der Waals surface area contributed by atoms with Gasteiger partial charge in [0.2, 0.25) is 15.9 Å². The molecule has 0 radical (unpaired) electrons. The molecular weight excluding hydrogens is 548 g/mol. The predicted octanol–water partition coefficient (Wildman–Crippen LogP) is 6.14. The van der Waals surface area contributed by atoms with Crippen LogP contribution in [-0.4, -0.2) is 26.1 Å². The van der Waals surface area contributed by atoms with Gasteiger partial charge in [0.15, 0.2) is 0 Å². The Labute approximate surface area is 228 Å². The Morgan fingerprint density at radius 3 is 2.35 bits per heavy atom. The van der Waals surface area contributed by atoms with E-state index in [1.54, 1.807) is 0 Å². The number of hydrogen-bond acceptors (Lipinski definition) is 4. The van der Waals surface area contributed by atoms with Crippen LogP contribution in [0.3, 0.4) is 0 Å². The van der Waals surface area contributed by atoms with Gasteiger partial charge in [0.25, 0.3) is 0 Å². The number of carbonyl (C=O) groups is 1. The zero-order chi connectivity index (χ0) is 26.2. The molecule has 5 rings (SSSR count). The highest BCUT2D eigenvalue weighted by Crippen LogP contribution is 2.44. The number of anilines is 1. The van der Waals surface area contributed by atoms with Crippen molar-refractivity contribution in [1.82, 2.24) is 4.72 Å². The predicted molar refractivity (Wildman–Crippen MR) is 152 cm³/mol. The number of halogens is 1. The van der Waals surface area contributed by atoms with Crippen molar-refractivity contribution in [3.05, 3.63) is 99.5 Å². The average molecular weight is 582 g/mol. The molecule has 194 valence electrons. The molecule has 1 aliphatic heterocycles. The fourth-order valence-electron chi connectivity index (χ4n) is 5.23. The number of nitrogens with zero attached hydrogens (tertiary/aromatic N) is 1. The van der Waals surface area contributed by atoms with Crippen LogP contribution in [0.25, 0.3) is 0 Å². The highest BCUT2D eigenvalue weighted by Gasteiger charge is 2.42. The summed E-state index contributed by atoms with van der Waals surface area (Å²) in [6.07, 6.45) is 1.71. The third-order valence-corrected chi connectivity index (χ3v) is 9.82. The summed E-state index contributed by atoms with van der Waals surface area (Å²) >= 11 is 3.61. The second kappa shape index (κ2) is 10.6. The van der Waals surface area contributed by atoms with Crippen LogP contribution < -0.4 is 9.62 Å². The highest BCUT2D eigenvalue weighted by molar-refractivity contribution is 9.10. The van der Waals surface area contributed by atoms with Gasteiger partial charge in [-0.3, -0.25) is 9.52 Å². The number of fused-ring (bicyclic) bond motifs is 1. The molecule has 0 bridgehead atoms. The van der Waals surface area contributed by atoms with Crippen LogP contribution >= 0.6 is 15.9 Å². The summed E-state index contributed by atoms with van der Waals surface area (Å²) in [4.78, 5) is 15.9. The summed E-state index contributed by atoms with van der Waals surface area (Å²) in [6.45, 7) is 5.75. The van der Waals surface area contributed by atoms with Crippen LogP contribution in [0.2, 0.25) is 0 Å². The lowest BCUT2D eigenvalue weighted by molar-refractivity contribution is -0.123. The Kier molecular flexibility index (Phi) is 7.46. The van der Waals surface area contributed by atoms with E-state index in [2.05, 4.69) is 75.8 Å². The molecule has 1 heterocycles. The number of amides is 1. The molecule has 2 unspecified atom stereocenters. The van der Waals surface area contributed by atoms with Crippen LogP contribution in [0.5, 0.6) is 0 Å². The number of rotatable bonds is 9. The van der Waals surface area contributed by atoms with Gasteiger partial charge < -0.3 is 4.90 Å². The molecule has 3 aromatic carbocycles.